The molecule has 1 saturated carbocycles. The van der Waals surface area contributed by atoms with E-state index >= 15 is 0 Å². The van der Waals surface area contributed by atoms with Gasteiger partial charge in [0.2, 0.25) is 0 Å². The Morgan fingerprint density at radius 3 is 2.96 bits per heavy atom. The van der Waals surface area contributed by atoms with Gasteiger partial charge < -0.3 is 15.1 Å². The Hall–Kier alpha value is -1.88. The summed E-state index contributed by atoms with van der Waals surface area (Å²) in [5.74, 6) is 3.69. The molecule has 5 heteroatoms. The van der Waals surface area contributed by atoms with Gasteiger partial charge in [0.05, 0.1) is 12.0 Å². The van der Waals surface area contributed by atoms with Crippen molar-refractivity contribution in [3.05, 3.63) is 41.2 Å². The lowest BCUT2D eigenvalue weighted by Crippen LogP contribution is -2.19. The van der Waals surface area contributed by atoms with E-state index in [-0.39, 0.29) is 0 Å². The van der Waals surface area contributed by atoms with Gasteiger partial charge >= 0.3 is 0 Å². The van der Waals surface area contributed by atoms with E-state index in [1.807, 2.05) is 12.1 Å². The molecule has 2 aromatic heterocycles. The van der Waals surface area contributed by atoms with Crippen LogP contribution >= 0.6 is 0 Å². The third-order valence-electron chi connectivity index (χ3n) is 5.21. The monoisotopic (exact) mass is 326 g/mol. The number of fused-ring (bicyclic) bond motifs is 1. The lowest BCUT2D eigenvalue weighted by atomic mass is 10.1. The Labute approximate surface area is 143 Å². The summed E-state index contributed by atoms with van der Waals surface area (Å²) in [7, 11) is 0. The van der Waals surface area contributed by atoms with E-state index in [0.717, 1.165) is 43.3 Å². The quantitative estimate of drug-likeness (QED) is 0.846. The van der Waals surface area contributed by atoms with E-state index in [9.17, 15) is 0 Å². The average Bonchev–Trinajstić information content (AvgIpc) is 3.33. The number of rotatable bonds is 6. The van der Waals surface area contributed by atoms with Crippen LogP contribution in [-0.2, 0) is 19.5 Å². The maximum absolute atomic E-state index is 5.43. The molecule has 0 bridgehead atoms. The average molecular weight is 326 g/mol. The van der Waals surface area contributed by atoms with Crippen molar-refractivity contribution < 1.29 is 4.42 Å². The van der Waals surface area contributed by atoms with Gasteiger partial charge in [0.25, 0.3) is 0 Å². The van der Waals surface area contributed by atoms with Crippen LogP contribution in [-0.4, -0.2) is 16.0 Å². The molecular weight excluding hydrogens is 300 g/mol. The Morgan fingerprint density at radius 2 is 2.17 bits per heavy atom. The molecule has 2 N–H and O–H groups in total. The van der Waals surface area contributed by atoms with Gasteiger partial charge in [0.15, 0.2) is 0 Å². The van der Waals surface area contributed by atoms with E-state index in [1.54, 1.807) is 6.26 Å². The van der Waals surface area contributed by atoms with Gasteiger partial charge in [-0.15, -0.1) is 0 Å². The zero-order chi connectivity index (χ0) is 16.4. The highest BCUT2D eigenvalue weighted by atomic mass is 16.3. The molecule has 0 spiro atoms. The summed E-state index contributed by atoms with van der Waals surface area (Å²) in [4.78, 5) is 9.79. The molecule has 1 aliphatic heterocycles. The van der Waals surface area contributed by atoms with Crippen molar-refractivity contribution in [2.24, 2.45) is 0 Å². The Morgan fingerprint density at radius 1 is 1.29 bits per heavy atom. The minimum atomic E-state index is 0.353. The van der Waals surface area contributed by atoms with Crippen LogP contribution < -0.4 is 10.6 Å². The molecule has 3 heterocycles. The molecule has 4 rings (SSSR count). The molecule has 2 aromatic rings. The third kappa shape index (κ3) is 3.31. The topological polar surface area (TPSA) is 63.0 Å². The number of aryl methyl sites for hydroxylation is 1. The Kier molecular flexibility index (Phi) is 4.52. The second-order valence-electron chi connectivity index (χ2n) is 7.10. The van der Waals surface area contributed by atoms with Crippen LogP contribution in [0.5, 0.6) is 0 Å². The van der Waals surface area contributed by atoms with Crippen LogP contribution in [0.3, 0.4) is 0 Å². The summed E-state index contributed by atoms with van der Waals surface area (Å²) in [5.41, 5.74) is 2.44. The summed E-state index contributed by atoms with van der Waals surface area (Å²) in [6, 6.07) is 4.34. The number of furan rings is 1. The molecule has 0 saturated heterocycles. The van der Waals surface area contributed by atoms with Crippen molar-refractivity contribution in [1.82, 2.24) is 15.3 Å². The maximum atomic E-state index is 5.43. The van der Waals surface area contributed by atoms with E-state index in [1.165, 1.54) is 36.9 Å². The standard InChI is InChI=1S/C19H26N4O/c1-13(8-9-15-7-4-10-24-15)21-19-16-11-20-12-17(16)22-18(23-19)14-5-2-3-6-14/h4,7,10,13-14,20H,2-3,5-6,8-9,11-12H2,1H3,(H,21,22,23). The van der Waals surface area contributed by atoms with Crippen LogP contribution in [0.2, 0.25) is 0 Å². The number of hydrogen-bond donors (Lipinski definition) is 2. The molecule has 0 aromatic carbocycles. The third-order valence-corrected chi connectivity index (χ3v) is 5.21. The first kappa shape index (κ1) is 15.6. The fourth-order valence-corrected chi connectivity index (χ4v) is 3.79. The van der Waals surface area contributed by atoms with E-state index in [4.69, 9.17) is 14.4 Å². The van der Waals surface area contributed by atoms with E-state index in [0.29, 0.717) is 12.0 Å². The molecular formula is C19H26N4O. The Balaban J connectivity index is 1.48. The molecule has 0 radical (unpaired) electrons. The van der Waals surface area contributed by atoms with Crippen molar-refractivity contribution in [2.75, 3.05) is 5.32 Å². The van der Waals surface area contributed by atoms with E-state index in [2.05, 4.69) is 17.6 Å². The fourth-order valence-electron chi connectivity index (χ4n) is 3.79. The molecule has 1 unspecified atom stereocenters. The summed E-state index contributed by atoms with van der Waals surface area (Å²) >= 11 is 0. The molecule has 1 fully saturated rings. The first-order valence-corrected chi connectivity index (χ1v) is 9.19. The van der Waals surface area contributed by atoms with Gasteiger partial charge in [0, 0.05) is 37.0 Å². The van der Waals surface area contributed by atoms with Crippen molar-refractivity contribution >= 4 is 5.82 Å². The number of aromatic nitrogens is 2. The highest BCUT2D eigenvalue weighted by Crippen LogP contribution is 2.34. The van der Waals surface area contributed by atoms with Crippen molar-refractivity contribution in [1.29, 1.82) is 0 Å². The first-order chi connectivity index (χ1) is 11.8. The highest BCUT2D eigenvalue weighted by molar-refractivity contribution is 5.49. The molecule has 5 nitrogen and oxygen atoms in total. The fraction of sp³-hybridized carbons (Fsp3) is 0.579. The normalized spacial score (nSPS) is 18.7. The zero-order valence-electron chi connectivity index (χ0n) is 14.3. The second-order valence-corrected chi connectivity index (χ2v) is 7.10. The SMILES string of the molecule is CC(CCc1ccco1)Nc1nc(C2CCCC2)nc2c1CNC2. The van der Waals surface area contributed by atoms with Gasteiger partial charge in [-0.2, -0.15) is 0 Å². The molecule has 1 atom stereocenters. The number of anilines is 1. The number of hydrogen-bond acceptors (Lipinski definition) is 5. The molecule has 2 aliphatic rings. The Bertz CT molecular complexity index is 677. The van der Waals surface area contributed by atoms with Crippen LogP contribution in [0.4, 0.5) is 5.82 Å². The minimum Gasteiger partial charge on any atom is -0.469 e. The first-order valence-electron chi connectivity index (χ1n) is 9.19. The lowest BCUT2D eigenvalue weighted by Gasteiger charge is -2.18. The van der Waals surface area contributed by atoms with Crippen molar-refractivity contribution in [2.45, 2.75) is 70.5 Å². The van der Waals surface area contributed by atoms with Crippen molar-refractivity contribution in [3.63, 3.8) is 0 Å². The zero-order valence-corrected chi connectivity index (χ0v) is 14.3. The van der Waals surface area contributed by atoms with Gasteiger partial charge in [-0.1, -0.05) is 12.8 Å². The van der Waals surface area contributed by atoms with Gasteiger partial charge in [-0.3, -0.25) is 0 Å². The lowest BCUT2D eigenvalue weighted by molar-refractivity contribution is 0.494. The van der Waals surface area contributed by atoms with Gasteiger partial charge in [-0.25, -0.2) is 9.97 Å². The number of nitrogens with one attached hydrogen (secondary N) is 2. The number of nitrogens with zero attached hydrogens (tertiary/aromatic N) is 2. The summed E-state index contributed by atoms with van der Waals surface area (Å²) < 4.78 is 5.43. The molecule has 0 amide bonds. The predicted molar refractivity (Wildman–Crippen MR) is 93.9 cm³/mol. The summed E-state index contributed by atoms with van der Waals surface area (Å²) in [6.45, 7) is 3.95. The van der Waals surface area contributed by atoms with Crippen molar-refractivity contribution in [3.8, 4) is 0 Å². The van der Waals surface area contributed by atoms with E-state index < -0.39 is 0 Å². The van der Waals surface area contributed by atoms with Crippen LogP contribution in [0.15, 0.2) is 22.8 Å². The minimum absolute atomic E-state index is 0.353. The summed E-state index contributed by atoms with van der Waals surface area (Å²) in [5, 5.41) is 7.05. The summed E-state index contributed by atoms with van der Waals surface area (Å²) in [6.07, 6.45) is 8.81. The maximum Gasteiger partial charge on any atom is 0.134 e. The smallest absolute Gasteiger partial charge is 0.134 e. The molecule has 24 heavy (non-hydrogen) atoms. The predicted octanol–water partition coefficient (Wildman–Crippen LogP) is 3.76. The molecule has 1 aliphatic carbocycles. The van der Waals surface area contributed by atoms with Crippen LogP contribution in [0.25, 0.3) is 0 Å². The second kappa shape index (κ2) is 6.93. The largest absolute Gasteiger partial charge is 0.469 e. The van der Waals surface area contributed by atoms with Gasteiger partial charge in [-0.05, 0) is 38.3 Å². The van der Waals surface area contributed by atoms with Crippen LogP contribution in [0, 0.1) is 0 Å². The van der Waals surface area contributed by atoms with Crippen LogP contribution in [0.1, 0.15) is 67.8 Å². The molecule has 128 valence electrons. The highest BCUT2D eigenvalue weighted by Gasteiger charge is 2.25. The van der Waals surface area contributed by atoms with Gasteiger partial charge in [0.1, 0.15) is 17.4 Å².